The number of sulfonamides is 1. The second kappa shape index (κ2) is 14.6. The van der Waals surface area contributed by atoms with E-state index in [2.05, 4.69) is 5.32 Å². The van der Waals surface area contributed by atoms with Gasteiger partial charge in [0.05, 0.1) is 17.2 Å². The first-order valence-electron chi connectivity index (χ1n) is 13.3. The van der Waals surface area contributed by atoms with Gasteiger partial charge in [-0.2, -0.15) is 0 Å². The Morgan fingerprint density at radius 3 is 2.07 bits per heavy atom. The Bertz CT molecular complexity index is 1420. The number of para-hydroxylation sites is 1. The van der Waals surface area contributed by atoms with Gasteiger partial charge in [-0.1, -0.05) is 54.4 Å². The normalized spacial score (nSPS) is 12.7. The van der Waals surface area contributed by atoms with Crippen LogP contribution in [0.2, 0.25) is 10.0 Å². The highest BCUT2D eigenvalue weighted by Gasteiger charge is 2.33. The quantitative estimate of drug-likeness (QED) is 0.256. The number of nitrogens with one attached hydrogen (secondary N) is 1. The first-order valence-corrected chi connectivity index (χ1v) is 15.5. The van der Waals surface area contributed by atoms with E-state index >= 15 is 0 Å². The number of carbonyl (C=O) groups excluding carboxylic acids is 2. The van der Waals surface area contributed by atoms with Crippen molar-refractivity contribution in [2.75, 3.05) is 17.5 Å². The smallest absolute Gasteiger partial charge is 0.264 e. The van der Waals surface area contributed by atoms with Gasteiger partial charge in [0, 0.05) is 28.2 Å². The number of halogens is 2. The molecule has 0 aliphatic rings. The third-order valence-corrected chi connectivity index (χ3v) is 9.10. The molecule has 0 aliphatic carbocycles. The van der Waals surface area contributed by atoms with Crippen LogP contribution in [0.5, 0.6) is 5.75 Å². The van der Waals surface area contributed by atoms with E-state index in [0.717, 1.165) is 4.31 Å². The first kappa shape index (κ1) is 32.2. The van der Waals surface area contributed by atoms with Crippen LogP contribution in [-0.2, 0) is 26.2 Å². The SMILES string of the molecule is CCOc1ccc(S(=O)(=O)N(CC(=O)N(Cc2c(Cl)cccc2Cl)[C@H](C)C(=O)N[C@H](C)CC)c2ccccc2)cc1. The Morgan fingerprint density at radius 2 is 1.51 bits per heavy atom. The van der Waals surface area contributed by atoms with Crippen LogP contribution in [0, 0.1) is 0 Å². The van der Waals surface area contributed by atoms with Gasteiger partial charge in [0.1, 0.15) is 18.3 Å². The van der Waals surface area contributed by atoms with E-state index in [1.54, 1.807) is 67.6 Å². The minimum absolute atomic E-state index is 0.0131. The van der Waals surface area contributed by atoms with Gasteiger partial charge in [-0.25, -0.2) is 8.42 Å². The lowest BCUT2D eigenvalue weighted by Gasteiger charge is -2.32. The van der Waals surface area contributed by atoms with Crippen LogP contribution in [0.25, 0.3) is 0 Å². The minimum Gasteiger partial charge on any atom is -0.494 e. The van der Waals surface area contributed by atoms with Crippen LogP contribution < -0.4 is 14.4 Å². The molecule has 220 valence electrons. The molecule has 0 heterocycles. The molecule has 1 N–H and O–H groups in total. The standard InChI is InChI=1S/C30H35Cl2N3O5S/c1-5-21(3)33-30(37)22(4)34(19-26-27(31)13-10-14-28(26)32)29(36)20-35(23-11-8-7-9-12-23)41(38,39)25-17-15-24(16-18-25)40-6-2/h7-18,21-22H,5-6,19-20H2,1-4H3,(H,33,37)/t21-,22-/m1/s1. The van der Waals surface area contributed by atoms with Crippen molar-refractivity contribution in [2.45, 2.75) is 57.6 Å². The van der Waals surface area contributed by atoms with Crippen molar-refractivity contribution in [3.05, 3.63) is 88.4 Å². The summed E-state index contributed by atoms with van der Waals surface area (Å²) in [4.78, 5) is 28.5. The van der Waals surface area contributed by atoms with E-state index in [1.165, 1.54) is 17.0 Å². The van der Waals surface area contributed by atoms with Gasteiger partial charge in [0.25, 0.3) is 10.0 Å². The molecule has 0 spiro atoms. The average molecular weight is 621 g/mol. The summed E-state index contributed by atoms with van der Waals surface area (Å²) in [6.07, 6.45) is 0.699. The molecule has 0 unspecified atom stereocenters. The van der Waals surface area contributed by atoms with Crippen LogP contribution in [0.1, 0.15) is 39.7 Å². The third kappa shape index (κ3) is 8.15. The van der Waals surface area contributed by atoms with Crippen LogP contribution in [0.3, 0.4) is 0 Å². The molecule has 3 aromatic rings. The molecule has 0 bridgehead atoms. The maximum atomic E-state index is 14.0. The summed E-state index contributed by atoms with van der Waals surface area (Å²) >= 11 is 12.8. The van der Waals surface area contributed by atoms with Crippen molar-refractivity contribution in [1.82, 2.24) is 10.2 Å². The highest BCUT2D eigenvalue weighted by atomic mass is 35.5. The number of benzene rings is 3. The van der Waals surface area contributed by atoms with E-state index in [-0.39, 0.29) is 23.4 Å². The van der Waals surface area contributed by atoms with Gasteiger partial charge in [-0.3, -0.25) is 13.9 Å². The zero-order valence-corrected chi connectivity index (χ0v) is 25.8. The van der Waals surface area contributed by atoms with Crippen molar-refractivity contribution in [1.29, 1.82) is 0 Å². The number of hydrogen-bond donors (Lipinski definition) is 1. The zero-order chi connectivity index (χ0) is 30.2. The highest BCUT2D eigenvalue weighted by Crippen LogP contribution is 2.28. The largest absolute Gasteiger partial charge is 0.494 e. The Labute approximate surface area is 252 Å². The van der Waals surface area contributed by atoms with Gasteiger partial charge in [0.2, 0.25) is 11.8 Å². The van der Waals surface area contributed by atoms with E-state index in [0.29, 0.717) is 40.1 Å². The molecule has 41 heavy (non-hydrogen) atoms. The molecule has 0 radical (unpaired) electrons. The van der Waals surface area contributed by atoms with Crippen LogP contribution in [-0.4, -0.2) is 50.4 Å². The van der Waals surface area contributed by atoms with Gasteiger partial charge in [-0.15, -0.1) is 0 Å². The lowest BCUT2D eigenvalue weighted by molar-refractivity contribution is -0.139. The number of carbonyl (C=O) groups is 2. The Hall–Kier alpha value is -3.27. The number of amides is 2. The molecular weight excluding hydrogens is 585 g/mol. The molecule has 0 aliphatic heterocycles. The maximum absolute atomic E-state index is 14.0. The van der Waals surface area contributed by atoms with Gasteiger partial charge in [-0.05, 0) is 75.7 Å². The molecule has 2 atom stereocenters. The van der Waals surface area contributed by atoms with E-state index in [4.69, 9.17) is 27.9 Å². The molecule has 3 aromatic carbocycles. The van der Waals surface area contributed by atoms with Crippen molar-refractivity contribution >= 4 is 50.7 Å². The fraction of sp³-hybridized carbons (Fsp3) is 0.333. The second-order valence-electron chi connectivity index (χ2n) is 9.47. The third-order valence-electron chi connectivity index (χ3n) is 6.60. The number of ether oxygens (including phenoxy) is 1. The predicted octanol–water partition coefficient (Wildman–Crippen LogP) is 5.92. The Morgan fingerprint density at radius 1 is 0.902 bits per heavy atom. The van der Waals surface area contributed by atoms with E-state index in [9.17, 15) is 18.0 Å². The minimum atomic E-state index is -4.19. The lowest BCUT2D eigenvalue weighted by atomic mass is 10.1. The van der Waals surface area contributed by atoms with Crippen LogP contribution in [0.15, 0.2) is 77.7 Å². The molecule has 0 fully saturated rings. The number of anilines is 1. The molecule has 8 nitrogen and oxygen atoms in total. The fourth-order valence-corrected chi connectivity index (χ4v) is 5.96. The second-order valence-corrected chi connectivity index (χ2v) is 12.1. The molecule has 0 saturated heterocycles. The fourth-order valence-electron chi connectivity index (χ4n) is 4.03. The summed E-state index contributed by atoms with van der Waals surface area (Å²) in [6.45, 7) is 6.99. The summed E-state index contributed by atoms with van der Waals surface area (Å²) in [6, 6.07) is 18.2. The molecule has 2 amide bonds. The van der Waals surface area contributed by atoms with Crippen LogP contribution >= 0.6 is 23.2 Å². The van der Waals surface area contributed by atoms with Crippen molar-refractivity contribution in [3.8, 4) is 5.75 Å². The van der Waals surface area contributed by atoms with Crippen molar-refractivity contribution in [3.63, 3.8) is 0 Å². The predicted molar refractivity (Wildman–Crippen MR) is 163 cm³/mol. The molecular formula is C30H35Cl2N3O5S. The lowest BCUT2D eigenvalue weighted by Crippen LogP contribution is -2.52. The Balaban J connectivity index is 2.03. The number of nitrogens with zero attached hydrogens (tertiary/aromatic N) is 2. The van der Waals surface area contributed by atoms with E-state index in [1.807, 2.05) is 20.8 Å². The summed E-state index contributed by atoms with van der Waals surface area (Å²) < 4.78 is 34.3. The monoisotopic (exact) mass is 619 g/mol. The van der Waals surface area contributed by atoms with Gasteiger partial charge < -0.3 is 15.0 Å². The van der Waals surface area contributed by atoms with Gasteiger partial charge >= 0.3 is 0 Å². The molecule has 3 rings (SSSR count). The first-order chi connectivity index (χ1) is 19.5. The highest BCUT2D eigenvalue weighted by molar-refractivity contribution is 7.92. The number of hydrogen-bond acceptors (Lipinski definition) is 5. The van der Waals surface area contributed by atoms with Crippen LogP contribution in [0.4, 0.5) is 5.69 Å². The van der Waals surface area contributed by atoms with E-state index < -0.39 is 28.5 Å². The van der Waals surface area contributed by atoms with Gasteiger partial charge in [0.15, 0.2) is 0 Å². The molecule has 11 heteroatoms. The van der Waals surface area contributed by atoms with Crippen molar-refractivity contribution in [2.24, 2.45) is 0 Å². The summed E-state index contributed by atoms with van der Waals surface area (Å²) in [5, 5.41) is 3.55. The maximum Gasteiger partial charge on any atom is 0.264 e. The Kier molecular flexibility index (Phi) is 11.5. The van der Waals surface area contributed by atoms with Crippen molar-refractivity contribution < 1.29 is 22.7 Å². The zero-order valence-electron chi connectivity index (χ0n) is 23.5. The number of rotatable bonds is 13. The summed E-state index contributed by atoms with van der Waals surface area (Å²) in [5.74, 6) is -0.458. The summed E-state index contributed by atoms with van der Waals surface area (Å²) in [7, 11) is -4.19. The summed E-state index contributed by atoms with van der Waals surface area (Å²) in [5.41, 5.74) is 0.746. The topological polar surface area (TPSA) is 96.0 Å². The molecule has 0 saturated carbocycles. The molecule has 0 aromatic heterocycles. The average Bonchev–Trinajstić information content (AvgIpc) is 2.96.